The van der Waals surface area contributed by atoms with Crippen LogP contribution in [0.25, 0.3) is 0 Å². The van der Waals surface area contributed by atoms with Crippen molar-refractivity contribution < 1.29 is 4.79 Å². The Morgan fingerprint density at radius 3 is 2.61 bits per heavy atom. The van der Waals surface area contributed by atoms with Crippen LogP contribution in [0.1, 0.15) is 5.56 Å². The molecule has 2 aromatic rings. The molecule has 0 saturated carbocycles. The number of para-hydroxylation sites is 1. The molecule has 2 amide bonds. The van der Waals surface area contributed by atoms with E-state index in [1.165, 1.54) is 0 Å². The van der Waals surface area contributed by atoms with Gasteiger partial charge in [-0.15, -0.1) is 12.6 Å². The first-order valence-electron chi connectivity index (χ1n) is 5.47. The average Bonchev–Trinajstić information content (AvgIpc) is 2.40. The second kappa shape index (κ2) is 6.07. The van der Waals surface area contributed by atoms with Crippen LogP contribution in [0, 0.1) is 0 Å². The molecule has 0 aliphatic rings. The molecule has 2 rings (SSSR count). The van der Waals surface area contributed by atoms with E-state index >= 15 is 0 Å². The number of aromatic nitrogens is 1. The topological polar surface area (TPSA) is 54.0 Å². The number of urea groups is 1. The highest BCUT2D eigenvalue weighted by atomic mass is 32.1. The van der Waals surface area contributed by atoms with Crippen LogP contribution in [-0.4, -0.2) is 11.0 Å². The number of nitrogens with zero attached hydrogens (tertiary/aromatic N) is 1. The fourth-order valence-corrected chi connectivity index (χ4v) is 1.65. The van der Waals surface area contributed by atoms with Crippen LogP contribution in [0.4, 0.5) is 10.5 Å². The molecule has 1 aromatic heterocycles. The fourth-order valence-electron chi connectivity index (χ4n) is 1.43. The van der Waals surface area contributed by atoms with Crippen LogP contribution in [0.3, 0.4) is 0 Å². The number of rotatable bonds is 3. The number of amides is 2. The van der Waals surface area contributed by atoms with Crippen molar-refractivity contribution in [2.75, 3.05) is 5.32 Å². The van der Waals surface area contributed by atoms with Gasteiger partial charge in [0.25, 0.3) is 0 Å². The molecule has 1 aromatic carbocycles. The van der Waals surface area contributed by atoms with Gasteiger partial charge in [-0.2, -0.15) is 0 Å². The molecule has 0 radical (unpaired) electrons. The maximum atomic E-state index is 11.7. The Hall–Kier alpha value is -2.01. The standard InChI is InChI=1S/C13H13N3OS/c17-13(15-9-10-5-7-14-8-6-10)16-11-3-1-2-4-12(11)18/h1-8,18H,9H2,(H2,15,16,17). The van der Waals surface area contributed by atoms with Gasteiger partial charge in [0.2, 0.25) is 0 Å². The second-order valence-corrected chi connectivity index (χ2v) is 4.16. The van der Waals surface area contributed by atoms with Crippen LogP contribution in [0.5, 0.6) is 0 Å². The molecule has 0 spiro atoms. The molecular formula is C13H13N3OS. The van der Waals surface area contributed by atoms with Gasteiger partial charge in [0.05, 0.1) is 5.69 Å². The number of carbonyl (C=O) groups excluding carboxylic acids is 1. The van der Waals surface area contributed by atoms with Crippen molar-refractivity contribution in [3.8, 4) is 0 Å². The van der Waals surface area contributed by atoms with Crippen LogP contribution in [0.2, 0.25) is 0 Å². The molecule has 0 saturated heterocycles. The Kier molecular flexibility index (Phi) is 4.20. The van der Waals surface area contributed by atoms with E-state index in [0.29, 0.717) is 12.2 Å². The summed E-state index contributed by atoms with van der Waals surface area (Å²) in [5.41, 5.74) is 1.69. The summed E-state index contributed by atoms with van der Waals surface area (Å²) in [5.74, 6) is 0. The zero-order valence-corrected chi connectivity index (χ0v) is 10.5. The SMILES string of the molecule is O=C(NCc1ccncc1)Nc1ccccc1S. The first-order valence-corrected chi connectivity index (χ1v) is 5.92. The summed E-state index contributed by atoms with van der Waals surface area (Å²) in [5, 5.41) is 5.50. The lowest BCUT2D eigenvalue weighted by molar-refractivity contribution is 0.251. The number of hydrogen-bond donors (Lipinski definition) is 3. The number of nitrogens with one attached hydrogen (secondary N) is 2. The molecule has 0 atom stereocenters. The summed E-state index contributed by atoms with van der Waals surface area (Å²) in [6.45, 7) is 0.461. The summed E-state index contributed by atoms with van der Waals surface area (Å²) >= 11 is 4.26. The van der Waals surface area contributed by atoms with Crippen LogP contribution in [-0.2, 0) is 6.54 Å². The number of hydrogen-bond acceptors (Lipinski definition) is 3. The lowest BCUT2D eigenvalue weighted by atomic mass is 10.3. The highest BCUT2D eigenvalue weighted by molar-refractivity contribution is 7.80. The lowest BCUT2D eigenvalue weighted by Crippen LogP contribution is -2.28. The van der Waals surface area contributed by atoms with Crippen molar-refractivity contribution in [3.63, 3.8) is 0 Å². The minimum absolute atomic E-state index is 0.256. The third-order valence-electron chi connectivity index (χ3n) is 2.35. The van der Waals surface area contributed by atoms with Crippen molar-refractivity contribution in [3.05, 3.63) is 54.4 Å². The summed E-state index contributed by atoms with van der Waals surface area (Å²) in [4.78, 5) is 16.3. The molecule has 2 N–H and O–H groups in total. The highest BCUT2D eigenvalue weighted by Crippen LogP contribution is 2.18. The molecule has 92 valence electrons. The van der Waals surface area contributed by atoms with Crippen molar-refractivity contribution in [2.24, 2.45) is 0 Å². The van der Waals surface area contributed by atoms with Gasteiger partial charge in [0, 0.05) is 23.8 Å². The van der Waals surface area contributed by atoms with Gasteiger partial charge in [-0.3, -0.25) is 4.98 Å². The van der Waals surface area contributed by atoms with Gasteiger partial charge in [0.1, 0.15) is 0 Å². The normalized spacial score (nSPS) is 9.83. The van der Waals surface area contributed by atoms with E-state index in [4.69, 9.17) is 0 Å². The number of anilines is 1. The Balaban J connectivity index is 1.88. The summed E-state index contributed by atoms with van der Waals surface area (Å²) < 4.78 is 0. The molecule has 5 heteroatoms. The zero-order chi connectivity index (χ0) is 12.8. The third kappa shape index (κ3) is 3.49. The summed E-state index contributed by atoms with van der Waals surface area (Å²) in [6, 6.07) is 10.8. The lowest BCUT2D eigenvalue weighted by Gasteiger charge is -2.09. The number of carbonyl (C=O) groups is 1. The Bertz CT molecular complexity index is 531. The van der Waals surface area contributed by atoms with Gasteiger partial charge >= 0.3 is 6.03 Å². The Morgan fingerprint density at radius 1 is 1.17 bits per heavy atom. The summed E-state index contributed by atoms with van der Waals surface area (Å²) in [7, 11) is 0. The van der Waals surface area contributed by atoms with E-state index < -0.39 is 0 Å². The van der Waals surface area contributed by atoms with Gasteiger partial charge in [-0.05, 0) is 29.8 Å². The minimum atomic E-state index is -0.256. The molecule has 0 fully saturated rings. The predicted molar refractivity (Wildman–Crippen MR) is 73.8 cm³/mol. The number of pyridine rings is 1. The molecular weight excluding hydrogens is 246 g/mol. The average molecular weight is 259 g/mol. The maximum Gasteiger partial charge on any atom is 0.319 e. The smallest absolute Gasteiger partial charge is 0.319 e. The zero-order valence-electron chi connectivity index (χ0n) is 9.63. The van der Waals surface area contributed by atoms with E-state index in [-0.39, 0.29) is 6.03 Å². The first-order chi connectivity index (χ1) is 8.75. The largest absolute Gasteiger partial charge is 0.334 e. The minimum Gasteiger partial charge on any atom is -0.334 e. The predicted octanol–water partition coefficient (Wildman–Crippen LogP) is 2.69. The van der Waals surface area contributed by atoms with E-state index in [9.17, 15) is 4.79 Å². The quantitative estimate of drug-likeness (QED) is 0.742. The van der Waals surface area contributed by atoms with Crippen LogP contribution >= 0.6 is 12.6 Å². The fraction of sp³-hybridized carbons (Fsp3) is 0.0769. The van der Waals surface area contributed by atoms with Gasteiger partial charge in [-0.25, -0.2) is 4.79 Å². The van der Waals surface area contributed by atoms with E-state index in [0.717, 1.165) is 10.5 Å². The van der Waals surface area contributed by atoms with E-state index in [2.05, 4.69) is 28.2 Å². The maximum absolute atomic E-state index is 11.7. The molecule has 0 unspecified atom stereocenters. The van der Waals surface area contributed by atoms with E-state index in [1.54, 1.807) is 18.5 Å². The van der Waals surface area contributed by atoms with Gasteiger partial charge < -0.3 is 10.6 Å². The van der Waals surface area contributed by atoms with Crippen molar-refractivity contribution in [2.45, 2.75) is 11.4 Å². The van der Waals surface area contributed by atoms with E-state index in [1.807, 2.05) is 30.3 Å². The van der Waals surface area contributed by atoms with Gasteiger partial charge in [-0.1, -0.05) is 12.1 Å². The second-order valence-electron chi connectivity index (χ2n) is 3.68. The monoisotopic (exact) mass is 259 g/mol. The molecule has 1 heterocycles. The number of thiol groups is 1. The van der Waals surface area contributed by atoms with Crippen molar-refractivity contribution in [1.29, 1.82) is 0 Å². The van der Waals surface area contributed by atoms with Crippen LogP contribution in [0.15, 0.2) is 53.7 Å². The first kappa shape index (κ1) is 12.4. The summed E-state index contributed by atoms with van der Waals surface area (Å²) in [6.07, 6.45) is 3.38. The number of benzene rings is 1. The highest BCUT2D eigenvalue weighted by Gasteiger charge is 2.03. The molecule has 4 nitrogen and oxygen atoms in total. The molecule has 18 heavy (non-hydrogen) atoms. The Morgan fingerprint density at radius 2 is 1.89 bits per heavy atom. The molecule has 0 aliphatic heterocycles. The Labute approximate surface area is 111 Å². The van der Waals surface area contributed by atoms with Crippen molar-refractivity contribution >= 4 is 24.3 Å². The molecule has 0 aliphatic carbocycles. The van der Waals surface area contributed by atoms with Crippen LogP contribution < -0.4 is 10.6 Å². The molecule has 0 bridgehead atoms. The van der Waals surface area contributed by atoms with Crippen molar-refractivity contribution in [1.82, 2.24) is 10.3 Å². The van der Waals surface area contributed by atoms with Gasteiger partial charge in [0.15, 0.2) is 0 Å². The third-order valence-corrected chi connectivity index (χ3v) is 2.74.